The van der Waals surface area contributed by atoms with Gasteiger partial charge >= 0.3 is 0 Å². The number of carbonyl (C=O) groups excluding carboxylic acids is 1. The van der Waals surface area contributed by atoms with Crippen molar-refractivity contribution in [2.75, 3.05) is 39.0 Å². The summed E-state index contributed by atoms with van der Waals surface area (Å²) in [7, 11) is 1.86. The molecule has 5 heteroatoms. The molecule has 0 bridgehead atoms. The van der Waals surface area contributed by atoms with E-state index < -0.39 is 0 Å². The Morgan fingerprint density at radius 1 is 1.33 bits per heavy atom. The van der Waals surface area contributed by atoms with Gasteiger partial charge in [0, 0.05) is 30.2 Å². The maximum atomic E-state index is 12.6. The van der Waals surface area contributed by atoms with Crippen molar-refractivity contribution in [1.29, 1.82) is 0 Å². The van der Waals surface area contributed by atoms with Gasteiger partial charge in [0.25, 0.3) is 5.91 Å². The van der Waals surface area contributed by atoms with Crippen molar-refractivity contribution in [3.8, 4) is 0 Å². The van der Waals surface area contributed by atoms with Gasteiger partial charge in [0.1, 0.15) is 4.88 Å². The molecule has 0 atom stereocenters. The van der Waals surface area contributed by atoms with E-state index in [1.54, 1.807) is 4.90 Å². The van der Waals surface area contributed by atoms with Gasteiger partial charge in [0.2, 0.25) is 0 Å². The number of amides is 1. The minimum Gasteiger partial charge on any atom is -0.397 e. The van der Waals surface area contributed by atoms with E-state index >= 15 is 0 Å². The minimum absolute atomic E-state index is 0.0351. The third kappa shape index (κ3) is 2.89. The van der Waals surface area contributed by atoms with E-state index in [-0.39, 0.29) is 5.91 Å². The van der Waals surface area contributed by atoms with Crippen LogP contribution in [0.4, 0.5) is 5.69 Å². The summed E-state index contributed by atoms with van der Waals surface area (Å²) in [5.41, 5.74) is 6.77. The predicted octanol–water partition coefficient (Wildman–Crippen LogP) is 2.65. The molecular formula is C16H21N3OS. The Morgan fingerprint density at radius 3 is 2.76 bits per heavy atom. The van der Waals surface area contributed by atoms with E-state index in [2.05, 4.69) is 4.90 Å². The van der Waals surface area contributed by atoms with Gasteiger partial charge in [-0.25, -0.2) is 0 Å². The quantitative estimate of drug-likeness (QED) is 0.944. The number of likely N-dealkylation sites (tertiary alicyclic amines) is 1. The van der Waals surface area contributed by atoms with Gasteiger partial charge in [-0.1, -0.05) is 18.2 Å². The fourth-order valence-corrected chi connectivity index (χ4v) is 3.91. The van der Waals surface area contributed by atoms with Crippen LogP contribution in [0, 0.1) is 0 Å². The van der Waals surface area contributed by atoms with Crippen LogP contribution in [0.3, 0.4) is 0 Å². The Bertz CT molecular complexity index is 646. The first-order valence-corrected chi connectivity index (χ1v) is 8.23. The molecule has 1 saturated heterocycles. The van der Waals surface area contributed by atoms with Crippen LogP contribution in [-0.4, -0.2) is 48.9 Å². The SMILES string of the molecule is CN(CCN1CCCC1)C(=O)c1sc2ccccc2c1N. The molecule has 0 saturated carbocycles. The summed E-state index contributed by atoms with van der Waals surface area (Å²) in [5.74, 6) is 0.0351. The molecular weight excluding hydrogens is 282 g/mol. The average Bonchev–Trinajstić information content (AvgIpc) is 3.13. The van der Waals surface area contributed by atoms with Crippen molar-refractivity contribution in [2.24, 2.45) is 0 Å². The molecule has 0 unspecified atom stereocenters. The Hall–Kier alpha value is -1.59. The second kappa shape index (κ2) is 6.03. The van der Waals surface area contributed by atoms with Gasteiger partial charge in [0.05, 0.1) is 5.69 Å². The highest BCUT2D eigenvalue weighted by molar-refractivity contribution is 7.21. The van der Waals surface area contributed by atoms with E-state index in [0.29, 0.717) is 10.6 Å². The van der Waals surface area contributed by atoms with E-state index in [9.17, 15) is 4.79 Å². The highest BCUT2D eigenvalue weighted by Gasteiger charge is 2.20. The summed E-state index contributed by atoms with van der Waals surface area (Å²) in [6.07, 6.45) is 2.56. The summed E-state index contributed by atoms with van der Waals surface area (Å²) in [6, 6.07) is 7.92. The maximum absolute atomic E-state index is 12.6. The van der Waals surface area contributed by atoms with Crippen LogP contribution in [0.15, 0.2) is 24.3 Å². The molecule has 4 nitrogen and oxygen atoms in total. The number of hydrogen-bond acceptors (Lipinski definition) is 4. The first kappa shape index (κ1) is 14.4. The summed E-state index contributed by atoms with van der Waals surface area (Å²) < 4.78 is 1.08. The van der Waals surface area contributed by atoms with Crippen LogP contribution in [0.25, 0.3) is 10.1 Å². The highest BCUT2D eigenvalue weighted by Crippen LogP contribution is 2.33. The Morgan fingerprint density at radius 2 is 2.05 bits per heavy atom. The topological polar surface area (TPSA) is 49.6 Å². The third-order valence-corrected chi connectivity index (χ3v) is 5.30. The normalized spacial score (nSPS) is 15.7. The number of fused-ring (bicyclic) bond motifs is 1. The first-order chi connectivity index (χ1) is 10.2. The lowest BCUT2D eigenvalue weighted by Gasteiger charge is -2.21. The number of nitrogens with two attached hydrogens (primary N) is 1. The maximum Gasteiger partial charge on any atom is 0.265 e. The van der Waals surface area contributed by atoms with Crippen molar-refractivity contribution >= 4 is 33.0 Å². The number of thiophene rings is 1. The molecule has 2 N–H and O–H groups in total. The Kier molecular flexibility index (Phi) is 4.12. The molecule has 1 aliphatic heterocycles. The molecule has 112 valence electrons. The molecule has 21 heavy (non-hydrogen) atoms. The first-order valence-electron chi connectivity index (χ1n) is 7.41. The number of carbonyl (C=O) groups is 1. The summed E-state index contributed by atoms with van der Waals surface area (Å²) in [5, 5.41) is 0.985. The fourth-order valence-electron chi connectivity index (χ4n) is 2.80. The predicted molar refractivity (Wildman–Crippen MR) is 88.9 cm³/mol. The summed E-state index contributed by atoms with van der Waals surface area (Å²) in [6.45, 7) is 4.03. The highest BCUT2D eigenvalue weighted by atomic mass is 32.1. The zero-order valence-electron chi connectivity index (χ0n) is 12.3. The van der Waals surface area contributed by atoms with Crippen LogP contribution in [0.2, 0.25) is 0 Å². The summed E-state index contributed by atoms with van der Waals surface area (Å²) >= 11 is 1.49. The smallest absolute Gasteiger partial charge is 0.265 e. The van der Waals surface area contributed by atoms with Crippen molar-refractivity contribution in [1.82, 2.24) is 9.80 Å². The van der Waals surface area contributed by atoms with Crippen molar-refractivity contribution in [2.45, 2.75) is 12.8 Å². The molecule has 2 aromatic rings. The lowest BCUT2D eigenvalue weighted by Crippen LogP contribution is -2.35. The van der Waals surface area contributed by atoms with Crippen LogP contribution < -0.4 is 5.73 Å². The van der Waals surface area contributed by atoms with E-state index in [0.717, 1.165) is 36.3 Å². The van der Waals surface area contributed by atoms with Crippen molar-refractivity contribution < 1.29 is 4.79 Å². The molecule has 1 amide bonds. The lowest BCUT2D eigenvalue weighted by atomic mass is 10.2. The number of nitrogens with zero attached hydrogens (tertiary/aromatic N) is 2. The van der Waals surface area contributed by atoms with Crippen LogP contribution in [-0.2, 0) is 0 Å². The van der Waals surface area contributed by atoms with Gasteiger partial charge in [-0.3, -0.25) is 4.79 Å². The number of benzene rings is 1. The number of anilines is 1. The van der Waals surface area contributed by atoms with Crippen molar-refractivity contribution in [3.05, 3.63) is 29.1 Å². The Balaban J connectivity index is 1.71. The minimum atomic E-state index is 0.0351. The lowest BCUT2D eigenvalue weighted by molar-refractivity contribution is 0.0788. The van der Waals surface area contributed by atoms with Crippen molar-refractivity contribution in [3.63, 3.8) is 0 Å². The monoisotopic (exact) mass is 303 g/mol. The van der Waals surface area contributed by atoms with E-state index in [1.807, 2.05) is 31.3 Å². The van der Waals surface area contributed by atoms with Gasteiger partial charge < -0.3 is 15.5 Å². The van der Waals surface area contributed by atoms with Crippen LogP contribution in [0.1, 0.15) is 22.5 Å². The van der Waals surface area contributed by atoms with Gasteiger partial charge in [0.15, 0.2) is 0 Å². The van der Waals surface area contributed by atoms with E-state index in [1.165, 1.54) is 24.2 Å². The average molecular weight is 303 g/mol. The van der Waals surface area contributed by atoms with Gasteiger partial charge in [-0.2, -0.15) is 0 Å². The zero-order chi connectivity index (χ0) is 14.8. The van der Waals surface area contributed by atoms with E-state index in [4.69, 9.17) is 5.73 Å². The van der Waals surface area contributed by atoms with Gasteiger partial charge in [-0.15, -0.1) is 11.3 Å². The molecule has 1 aliphatic rings. The Labute approximate surface area is 129 Å². The molecule has 1 aromatic carbocycles. The molecule has 3 rings (SSSR count). The zero-order valence-corrected chi connectivity index (χ0v) is 13.2. The van der Waals surface area contributed by atoms with Gasteiger partial charge in [-0.05, 0) is 32.0 Å². The molecule has 1 aromatic heterocycles. The number of nitrogen functional groups attached to an aromatic ring is 1. The third-order valence-electron chi connectivity index (χ3n) is 4.13. The number of likely N-dealkylation sites (N-methyl/N-ethyl adjacent to an activating group) is 1. The number of rotatable bonds is 4. The number of hydrogen-bond donors (Lipinski definition) is 1. The fraction of sp³-hybridized carbons (Fsp3) is 0.438. The second-order valence-electron chi connectivity index (χ2n) is 5.62. The summed E-state index contributed by atoms with van der Waals surface area (Å²) in [4.78, 5) is 17.5. The largest absolute Gasteiger partial charge is 0.397 e. The second-order valence-corrected chi connectivity index (χ2v) is 6.67. The standard InChI is InChI=1S/C16H21N3OS/c1-18(10-11-19-8-4-5-9-19)16(20)15-14(17)12-6-2-3-7-13(12)21-15/h2-3,6-7H,4-5,8-11,17H2,1H3. The molecule has 0 aliphatic carbocycles. The molecule has 1 fully saturated rings. The molecule has 0 radical (unpaired) electrons. The molecule has 2 heterocycles. The van der Waals surface area contributed by atoms with Crippen LogP contribution >= 0.6 is 11.3 Å². The van der Waals surface area contributed by atoms with Crippen LogP contribution in [0.5, 0.6) is 0 Å². The molecule has 0 spiro atoms.